The summed E-state index contributed by atoms with van der Waals surface area (Å²) >= 11 is 0. The van der Waals surface area contributed by atoms with E-state index in [0.29, 0.717) is 24.4 Å². The molecule has 0 aliphatic carbocycles. The number of hydrogen-bond acceptors (Lipinski definition) is 7. The number of aliphatic hydroxyl groups is 1. The first-order chi connectivity index (χ1) is 9.98. The van der Waals surface area contributed by atoms with Crippen molar-refractivity contribution in [1.29, 1.82) is 0 Å². The molecule has 8 heteroatoms. The van der Waals surface area contributed by atoms with Crippen LogP contribution in [0.25, 0.3) is 5.95 Å². The van der Waals surface area contributed by atoms with Gasteiger partial charge in [0.25, 0.3) is 0 Å². The average Bonchev–Trinajstić information content (AvgIpc) is 2.96. The summed E-state index contributed by atoms with van der Waals surface area (Å²) in [6.45, 7) is 6.62. The lowest BCUT2D eigenvalue weighted by Gasteiger charge is -2.18. The lowest BCUT2D eigenvalue weighted by molar-refractivity contribution is 0.0943. The van der Waals surface area contributed by atoms with Crippen molar-refractivity contribution < 1.29 is 5.11 Å². The Hall–Kier alpha value is -2.22. The van der Waals surface area contributed by atoms with Crippen LogP contribution >= 0.6 is 0 Å². The number of nitrogens with one attached hydrogen (secondary N) is 2. The average molecular weight is 291 g/mol. The van der Waals surface area contributed by atoms with Crippen molar-refractivity contribution in [2.45, 2.75) is 32.8 Å². The fourth-order valence-electron chi connectivity index (χ4n) is 1.55. The largest absolute Gasteiger partial charge is 0.389 e. The van der Waals surface area contributed by atoms with Crippen LogP contribution in [-0.2, 0) is 0 Å². The van der Waals surface area contributed by atoms with E-state index in [0.717, 1.165) is 13.0 Å². The maximum Gasteiger partial charge on any atom is 0.241 e. The zero-order chi connectivity index (χ0) is 15.3. The van der Waals surface area contributed by atoms with Crippen LogP contribution in [0.5, 0.6) is 0 Å². The highest BCUT2D eigenvalue weighted by Crippen LogP contribution is 2.10. The second kappa shape index (κ2) is 6.49. The molecule has 8 nitrogen and oxygen atoms in total. The maximum atomic E-state index is 9.78. The van der Waals surface area contributed by atoms with Crippen LogP contribution in [0.15, 0.2) is 18.7 Å². The molecule has 0 aliphatic rings. The third kappa shape index (κ3) is 4.67. The Balaban J connectivity index is 2.24. The molecule has 0 aromatic carbocycles. The molecular formula is C13H21N7O. The lowest BCUT2D eigenvalue weighted by Crippen LogP contribution is -2.30. The molecule has 0 unspecified atom stereocenters. The van der Waals surface area contributed by atoms with Gasteiger partial charge in [0.15, 0.2) is 0 Å². The van der Waals surface area contributed by atoms with Crippen LogP contribution < -0.4 is 10.6 Å². The fraction of sp³-hybridized carbons (Fsp3) is 0.538. The van der Waals surface area contributed by atoms with E-state index in [9.17, 15) is 5.11 Å². The van der Waals surface area contributed by atoms with Crippen molar-refractivity contribution in [3.8, 4) is 5.95 Å². The van der Waals surface area contributed by atoms with Crippen molar-refractivity contribution in [2.24, 2.45) is 0 Å². The first-order valence-corrected chi connectivity index (χ1v) is 6.92. The summed E-state index contributed by atoms with van der Waals surface area (Å²) < 4.78 is 1.70. The van der Waals surface area contributed by atoms with Crippen molar-refractivity contribution in [2.75, 3.05) is 23.7 Å². The fourth-order valence-corrected chi connectivity index (χ4v) is 1.55. The minimum atomic E-state index is -0.848. The molecule has 0 saturated carbocycles. The van der Waals surface area contributed by atoms with E-state index in [4.69, 9.17) is 0 Å². The Kier molecular flexibility index (Phi) is 4.69. The number of nitrogens with zero attached hydrogens (tertiary/aromatic N) is 5. The van der Waals surface area contributed by atoms with Gasteiger partial charge in [0, 0.05) is 25.5 Å². The molecule has 2 heterocycles. The minimum Gasteiger partial charge on any atom is -0.389 e. The molecule has 2 aromatic heterocycles. The molecule has 0 amide bonds. The minimum absolute atomic E-state index is 0.341. The summed E-state index contributed by atoms with van der Waals surface area (Å²) in [4.78, 5) is 17.0. The van der Waals surface area contributed by atoms with Crippen molar-refractivity contribution in [3.05, 3.63) is 18.7 Å². The van der Waals surface area contributed by atoms with Crippen molar-refractivity contribution in [1.82, 2.24) is 24.5 Å². The van der Waals surface area contributed by atoms with Crippen molar-refractivity contribution in [3.63, 3.8) is 0 Å². The van der Waals surface area contributed by atoms with Gasteiger partial charge in [-0.15, -0.1) is 0 Å². The molecule has 2 rings (SSSR count). The van der Waals surface area contributed by atoms with E-state index in [1.165, 1.54) is 0 Å². The van der Waals surface area contributed by atoms with Crippen LogP contribution in [0.2, 0.25) is 0 Å². The first kappa shape index (κ1) is 15.2. The predicted octanol–water partition coefficient (Wildman–Crippen LogP) is 1.06. The Morgan fingerprint density at radius 3 is 2.48 bits per heavy atom. The first-order valence-electron chi connectivity index (χ1n) is 6.92. The highest BCUT2D eigenvalue weighted by molar-refractivity contribution is 5.38. The van der Waals surface area contributed by atoms with E-state index in [1.54, 1.807) is 37.1 Å². The zero-order valence-electron chi connectivity index (χ0n) is 12.5. The molecule has 0 atom stereocenters. The van der Waals surface area contributed by atoms with Gasteiger partial charge in [-0.2, -0.15) is 15.0 Å². The summed E-state index contributed by atoms with van der Waals surface area (Å²) in [5.74, 6) is 1.38. The van der Waals surface area contributed by atoms with Crippen molar-refractivity contribution >= 4 is 11.9 Å². The third-order valence-corrected chi connectivity index (χ3v) is 2.57. The number of anilines is 2. The van der Waals surface area contributed by atoms with Gasteiger partial charge in [-0.3, -0.25) is 4.57 Å². The quantitative estimate of drug-likeness (QED) is 0.701. The van der Waals surface area contributed by atoms with Crippen LogP contribution in [0.4, 0.5) is 11.9 Å². The Morgan fingerprint density at radius 2 is 1.90 bits per heavy atom. The molecule has 114 valence electrons. The topological polar surface area (TPSA) is 101 Å². The Bertz CT molecular complexity index is 562. The van der Waals surface area contributed by atoms with Crippen LogP contribution in [0, 0.1) is 0 Å². The highest BCUT2D eigenvalue weighted by atomic mass is 16.3. The van der Waals surface area contributed by atoms with E-state index < -0.39 is 5.60 Å². The molecule has 0 bridgehead atoms. The molecule has 2 aromatic rings. The molecule has 0 fully saturated rings. The van der Waals surface area contributed by atoms with Gasteiger partial charge in [-0.1, -0.05) is 6.92 Å². The van der Waals surface area contributed by atoms with Gasteiger partial charge in [0.2, 0.25) is 17.8 Å². The Labute approximate surface area is 123 Å². The SMILES string of the molecule is CCCNc1nc(NCC(C)(C)O)nc(-n2ccnc2)n1. The lowest BCUT2D eigenvalue weighted by atomic mass is 10.1. The highest BCUT2D eigenvalue weighted by Gasteiger charge is 2.14. The van der Waals surface area contributed by atoms with E-state index >= 15 is 0 Å². The number of aromatic nitrogens is 5. The van der Waals surface area contributed by atoms with E-state index in [1.807, 2.05) is 0 Å². The molecule has 3 N–H and O–H groups in total. The Morgan fingerprint density at radius 1 is 1.19 bits per heavy atom. The van der Waals surface area contributed by atoms with E-state index in [-0.39, 0.29) is 0 Å². The molecular weight excluding hydrogens is 270 g/mol. The van der Waals surface area contributed by atoms with Gasteiger partial charge in [0.1, 0.15) is 6.33 Å². The van der Waals surface area contributed by atoms with Gasteiger partial charge < -0.3 is 15.7 Å². The standard InChI is InChI=1S/C13H21N7O/c1-4-5-15-10-17-11(16-8-13(2,3)21)19-12(18-10)20-7-6-14-9-20/h6-7,9,21H,4-5,8H2,1-3H3,(H2,15,16,17,18,19). The molecule has 0 spiro atoms. The molecule has 0 saturated heterocycles. The van der Waals surface area contributed by atoms with Gasteiger partial charge >= 0.3 is 0 Å². The number of imidazole rings is 1. The van der Waals surface area contributed by atoms with Gasteiger partial charge in [-0.05, 0) is 20.3 Å². The van der Waals surface area contributed by atoms with Crippen LogP contribution in [0.1, 0.15) is 27.2 Å². The van der Waals surface area contributed by atoms with Gasteiger partial charge in [0.05, 0.1) is 5.60 Å². The third-order valence-electron chi connectivity index (χ3n) is 2.57. The molecule has 0 radical (unpaired) electrons. The summed E-state index contributed by atoms with van der Waals surface area (Å²) in [6, 6.07) is 0. The maximum absolute atomic E-state index is 9.78. The predicted molar refractivity (Wildman–Crippen MR) is 80.5 cm³/mol. The van der Waals surface area contributed by atoms with Crippen LogP contribution in [0.3, 0.4) is 0 Å². The summed E-state index contributed by atoms with van der Waals surface area (Å²) in [6.07, 6.45) is 6.02. The molecule has 0 aliphatic heterocycles. The summed E-state index contributed by atoms with van der Waals surface area (Å²) in [5.41, 5.74) is -0.848. The number of rotatable bonds is 7. The van der Waals surface area contributed by atoms with E-state index in [2.05, 4.69) is 37.5 Å². The second-order valence-electron chi connectivity index (χ2n) is 5.35. The number of hydrogen-bond donors (Lipinski definition) is 3. The smallest absolute Gasteiger partial charge is 0.241 e. The second-order valence-corrected chi connectivity index (χ2v) is 5.35. The normalized spacial score (nSPS) is 11.4. The molecule has 21 heavy (non-hydrogen) atoms. The summed E-state index contributed by atoms with van der Waals surface area (Å²) in [5, 5.41) is 15.9. The van der Waals surface area contributed by atoms with Gasteiger partial charge in [-0.25, -0.2) is 4.98 Å². The monoisotopic (exact) mass is 291 g/mol. The zero-order valence-corrected chi connectivity index (χ0v) is 12.5. The van der Waals surface area contributed by atoms with Crippen LogP contribution in [-0.4, -0.2) is 48.3 Å². The summed E-state index contributed by atoms with van der Waals surface area (Å²) in [7, 11) is 0.